The quantitative estimate of drug-likeness (QED) is 0.891. The summed E-state index contributed by atoms with van der Waals surface area (Å²) in [5.41, 5.74) is -0.770. The van der Waals surface area contributed by atoms with Crippen LogP contribution in [0.3, 0.4) is 0 Å². The molecule has 0 atom stereocenters. The molecular formula is C13H13F2N3. The number of benzene rings is 1. The van der Waals surface area contributed by atoms with Gasteiger partial charge in [0.1, 0.15) is 11.6 Å². The van der Waals surface area contributed by atoms with Crippen LogP contribution < -0.4 is 5.32 Å². The van der Waals surface area contributed by atoms with Gasteiger partial charge in [0, 0.05) is 18.7 Å². The molecule has 0 radical (unpaired) electrons. The van der Waals surface area contributed by atoms with Crippen molar-refractivity contribution in [3.05, 3.63) is 34.9 Å². The highest BCUT2D eigenvalue weighted by Crippen LogP contribution is 2.16. The van der Waals surface area contributed by atoms with Crippen LogP contribution in [0.1, 0.15) is 25.0 Å². The minimum atomic E-state index is -0.756. The largest absolute Gasteiger partial charge is 0.311 e. The van der Waals surface area contributed by atoms with Gasteiger partial charge in [-0.2, -0.15) is 10.5 Å². The van der Waals surface area contributed by atoms with Crippen molar-refractivity contribution in [2.75, 3.05) is 6.54 Å². The summed E-state index contributed by atoms with van der Waals surface area (Å²) in [5.74, 6) is -1.51. The van der Waals surface area contributed by atoms with Crippen molar-refractivity contribution in [2.24, 2.45) is 5.41 Å². The molecule has 0 aliphatic heterocycles. The van der Waals surface area contributed by atoms with E-state index in [2.05, 4.69) is 11.4 Å². The summed E-state index contributed by atoms with van der Waals surface area (Å²) < 4.78 is 27.0. The monoisotopic (exact) mass is 249 g/mol. The molecular weight excluding hydrogens is 236 g/mol. The van der Waals surface area contributed by atoms with Crippen molar-refractivity contribution >= 4 is 0 Å². The Morgan fingerprint density at radius 1 is 1.22 bits per heavy atom. The molecule has 1 aromatic carbocycles. The van der Waals surface area contributed by atoms with Crippen molar-refractivity contribution in [1.29, 1.82) is 10.5 Å². The number of hydrogen-bond acceptors (Lipinski definition) is 3. The first kappa shape index (κ1) is 14.1. The van der Waals surface area contributed by atoms with Crippen LogP contribution in [0.4, 0.5) is 8.78 Å². The molecule has 0 saturated heterocycles. The maximum atomic E-state index is 13.5. The molecule has 0 heterocycles. The fourth-order valence-electron chi connectivity index (χ4n) is 1.38. The van der Waals surface area contributed by atoms with Crippen LogP contribution >= 0.6 is 0 Å². The zero-order valence-corrected chi connectivity index (χ0v) is 10.2. The second-order valence-corrected chi connectivity index (χ2v) is 4.63. The summed E-state index contributed by atoms with van der Waals surface area (Å²) in [5, 5.41) is 20.2. The molecule has 94 valence electrons. The van der Waals surface area contributed by atoms with E-state index in [1.165, 1.54) is 0 Å². The van der Waals surface area contributed by atoms with Gasteiger partial charge in [0.15, 0.2) is 0 Å². The van der Waals surface area contributed by atoms with Gasteiger partial charge in [0.05, 0.1) is 23.1 Å². The Morgan fingerprint density at radius 2 is 1.78 bits per heavy atom. The van der Waals surface area contributed by atoms with Gasteiger partial charge in [-0.1, -0.05) is 0 Å². The Hall–Kier alpha value is -1.98. The van der Waals surface area contributed by atoms with Crippen molar-refractivity contribution in [2.45, 2.75) is 20.4 Å². The molecule has 0 aromatic heterocycles. The molecule has 0 unspecified atom stereocenters. The summed E-state index contributed by atoms with van der Waals surface area (Å²) in [6.07, 6.45) is 0. The third-order valence-electron chi connectivity index (χ3n) is 2.44. The van der Waals surface area contributed by atoms with Gasteiger partial charge in [-0.05, 0) is 26.0 Å². The van der Waals surface area contributed by atoms with Gasteiger partial charge < -0.3 is 5.32 Å². The number of nitriles is 2. The van der Waals surface area contributed by atoms with Crippen molar-refractivity contribution in [1.82, 2.24) is 5.32 Å². The topological polar surface area (TPSA) is 59.6 Å². The van der Waals surface area contributed by atoms with Gasteiger partial charge in [-0.3, -0.25) is 0 Å². The molecule has 0 aliphatic carbocycles. The predicted molar refractivity (Wildman–Crippen MR) is 62.2 cm³/mol. The molecule has 1 aromatic rings. The maximum Gasteiger partial charge on any atom is 0.131 e. The maximum absolute atomic E-state index is 13.5. The Labute approximate surface area is 105 Å². The first-order valence-corrected chi connectivity index (χ1v) is 5.39. The molecule has 0 aliphatic rings. The summed E-state index contributed by atoms with van der Waals surface area (Å²) in [6.45, 7) is 3.76. The first-order valence-electron chi connectivity index (χ1n) is 5.39. The van der Waals surface area contributed by atoms with Gasteiger partial charge in [-0.25, -0.2) is 8.78 Å². The lowest BCUT2D eigenvalue weighted by Crippen LogP contribution is -2.28. The fourth-order valence-corrected chi connectivity index (χ4v) is 1.38. The standard InChI is InChI=1S/C13H13F2N3/c1-13(2,7-17)8-18-6-10-11(14)3-9(5-16)4-12(10)15/h3-4,18H,6,8H2,1-2H3. The molecule has 0 amide bonds. The van der Waals surface area contributed by atoms with Gasteiger partial charge in [0.2, 0.25) is 0 Å². The first-order chi connectivity index (χ1) is 8.39. The Balaban J connectivity index is 2.76. The molecule has 5 heteroatoms. The summed E-state index contributed by atoms with van der Waals surface area (Å²) in [7, 11) is 0. The highest BCUT2D eigenvalue weighted by molar-refractivity contribution is 5.34. The van der Waals surface area contributed by atoms with Crippen LogP contribution in [0.25, 0.3) is 0 Å². The van der Waals surface area contributed by atoms with Gasteiger partial charge >= 0.3 is 0 Å². The third kappa shape index (κ3) is 3.51. The van der Waals surface area contributed by atoms with E-state index >= 15 is 0 Å². The van der Waals surface area contributed by atoms with Crippen molar-refractivity contribution in [3.63, 3.8) is 0 Å². The van der Waals surface area contributed by atoms with Gasteiger partial charge in [0.25, 0.3) is 0 Å². The molecule has 3 nitrogen and oxygen atoms in total. The third-order valence-corrected chi connectivity index (χ3v) is 2.44. The summed E-state index contributed by atoms with van der Waals surface area (Å²) in [6, 6.07) is 5.75. The lowest BCUT2D eigenvalue weighted by molar-refractivity contribution is 0.435. The molecule has 0 fully saturated rings. The fraction of sp³-hybridized carbons (Fsp3) is 0.385. The lowest BCUT2D eigenvalue weighted by atomic mass is 9.96. The van der Waals surface area contributed by atoms with E-state index in [-0.39, 0.29) is 17.7 Å². The SMILES string of the molecule is CC(C)(C#N)CNCc1c(F)cc(C#N)cc1F. The Bertz CT molecular complexity index is 501. The smallest absolute Gasteiger partial charge is 0.131 e. The van der Waals surface area contributed by atoms with Crippen molar-refractivity contribution < 1.29 is 8.78 Å². The lowest BCUT2D eigenvalue weighted by Gasteiger charge is -2.16. The second-order valence-electron chi connectivity index (χ2n) is 4.63. The van der Waals surface area contributed by atoms with Crippen LogP contribution in [0.5, 0.6) is 0 Å². The highest BCUT2D eigenvalue weighted by atomic mass is 19.1. The van der Waals surface area contributed by atoms with E-state index in [1.54, 1.807) is 19.9 Å². The number of rotatable bonds is 4. The Kier molecular flexibility index (Phi) is 4.36. The van der Waals surface area contributed by atoms with Crippen molar-refractivity contribution in [3.8, 4) is 12.1 Å². The zero-order chi connectivity index (χ0) is 13.8. The molecule has 18 heavy (non-hydrogen) atoms. The van der Waals surface area contributed by atoms with E-state index in [1.807, 2.05) is 0 Å². The predicted octanol–water partition coefficient (Wildman–Crippen LogP) is 2.48. The van der Waals surface area contributed by atoms with Crippen LogP contribution in [0.2, 0.25) is 0 Å². The zero-order valence-electron chi connectivity index (χ0n) is 10.2. The minimum Gasteiger partial charge on any atom is -0.311 e. The summed E-state index contributed by atoms with van der Waals surface area (Å²) in [4.78, 5) is 0. The van der Waals surface area contributed by atoms with E-state index < -0.39 is 17.0 Å². The highest BCUT2D eigenvalue weighted by Gasteiger charge is 2.17. The minimum absolute atomic E-state index is 0.0194. The number of nitrogens with zero attached hydrogens (tertiary/aromatic N) is 2. The summed E-state index contributed by atoms with van der Waals surface area (Å²) >= 11 is 0. The normalized spacial score (nSPS) is 10.8. The van der Waals surface area contributed by atoms with E-state index in [9.17, 15) is 8.78 Å². The number of halogens is 2. The van der Waals surface area contributed by atoms with Gasteiger partial charge in [-0.15, -0.1) is 0 Å². The van der Waals surface area contributed by atoms with Crippen LogP contribution in [0.15, 0.2) is 12.1 Å². The van der Waals surface area contributed by atoms with E-state index in [0.29, 0.717) is 6.54 Å². The molecule has 1 rings (SSSR count). The van der Waals surface area contributed by atoms with E-state index in [0.717, 1.165) is 12.1 Å². The second kappa shape index (κ2) is 5.57. The average Bonchev–Trinajstić information content (AvgIpc) is 2.32. The molecule has 0 bridgehead atoms. The average molecular weight is 249 g/mol. The van der Waals surface area contributed by atoms with Crippen LogP contribution in [-0.4, -0.2) is 6.54 Å². The molecule has 0 saturated carbocycles. The number of hydrogen-bond donors (Lipinski definition) is 1. The molecule has 1 N–H and O–H groups in total. The van der Waals surface area contributed by atoms with Crippen LogP contribution in [-0.2, 0) is 6.54 Å². The molecule has 0 spiro atoms. The van der Waals surface area contributed by atoms with Crippen LogP contribution in [0, 0.1) is 39.7 Å². The number of nitrogens with one attached hydrogen (secondary N) is 1. The van der Waals surface area contributed by atoms with E-state index in [4.69, 9.17) is 10.5 Å². The Morgan fingerprint density at radius 3 is 2.22 bits per heavy atom.